The van der Waals surface area contributed by atoms with E-state index in [1.165, 1.54) is 0 Å². The summed E-state index contributed by atoms with van der Waals surface area (Å²) < 4.78 is 11.8. The van der Waals surface area contributed by atoms with Gasteiger partial charge in [0.05, 0.1) is 14.2 Å². The zero-order valence-electron chi connectivity index (χ0n) is 19.5. The molecule has 1 saturated carbocycles. The number of ketones is 1. The summed E-state index contributed by atoms with van der Waals surface area (Å²) in [5.41, 5.74) is -0.370. The lowest BCUT2D eigenvalue weighted by Gasteiger charge is -2.55. The highest BCUT2D eigenvalue weighted by atomic mass is 28.3. The summed E-state index contributed by atoms with van der Waals surface area (Å²) in [5.74, 6) is 1.66. The third-order valence-corrected chi connectivity index (χ3v) is 11.6. The zero-order valence-corrected chi connectivity index (χ0v) is 20.5. The molecule has 3 aliphatic carbocycles. The number of likely N-dealkylation sites (N-methyl/N-ethyl adjacent to an activating group) is 1. The number of allylic oxidation sites excluding steroid dienone is 3. The van der Waals surface area contributed by atoms with E-state index in [1.807, 2.05) is 6.20 Å². The molecule has 0 aromatic carbocycles. The van der Waals surface area contributed by atoms with E-state index in [2.05, 4.69) is 49.8 Å². The highest BCUT2D eigenvalue weighted by molar-refractivity contribution is 6.78. The van der Waals surface area contributed by atoms with Crippen molar-refractivity contribution in [3.8, 4) is 0 Å². The molecule has 0 N–H and O–H groups in total. The van der Waals surface area contributed by atoms with Gasteiger partial charge in [-0.15, -0.1) is 0 Å². The Hall–Kier alpha value is -1.86. The van der Waals surface area contributed by atoms with Crippen LogP contribution in [0.4, 0.5) is 0 Å². The zero-order chi connectivity index (χ0) is 22.3. The van der Waals surface area contributed by atoms with Crippen molar-refractivity contribution in [2.75, 3.05) is 34.4 Å². The fourth-order valence-corrected chi connectivity index (χ4v) is 10.7. The van der Waals surface area contributed by atoms with Crippen LogP contribution in [0.2, 0.25) is 25.2 Å². The van der Waals surface area contributed by atoms with E-state index >= 15 is 0 Å². The molecule has 5 aliphatic rings. The van der Waals surface area contributed by atoms with E-state index < -0.39 is 13.6 Å². The van der Waals surface area contributed by atoms with Crippen LogP contribution in [0.15, 0.2) is 35.9 Å². The van der Waals surface area contributed by atoms with E-state index in [0.717, 1.165) is 19.5 Å². The van der Waals surface area contributed by atoms with Gasteiger partial charge in [-0.25, -0.2) is 0 Å². The molecule has 5 rings (SSSR count). The van der Waals surface area contributed by atoms with Crippen molar-refractivity contribution in [1.82, 2.24) is 9.80 Å². The first-order valence-corrected chi connectivity index (χ1v) is 15.0. The molecule has 2 heterocycles. The number of amides is 1. The molecule has 31 heavy (non-hydrogen) atoms. The molecule has 2 saturated heterocycles. The average molecular weight is 443 g/mol. The van der Waals surface area contributed by atoms with Crippen LogP contribution in [0.1, 0.15) is 12.8 Å². The molecular formula is C24H34N2O4Si. The first-order valence-electron chi connectivity index (χ1n) is 11.4. The summed E-state index contributed by atoms with van der Waals surface area (Å²) in [6, 6.07) is 0. The lowest BCUT2D eigenvalue weighted by Crippen LogP contribution is -2.62. The molecule has 0 aromatic heterocycles. The summed E-state index contributed by atoms with van der Waals surface area (Å²) in [6.45, 7) is 8.91. The van der Waals surface area contributed by atoms with Crippen LogP contribution in [0.25, 0.3) is 0 Å². The maximum absolute atomic E-state index is 13.9. The molecule has 0 radical (unpaired) electrons. The molecule has 1 amide bonds. The number of nitrogens with zero attached hydrogens (tertiary/aromatic N) is 2. The van der Waals surface area contributed by atoms with E-state index in [-0.39, 0.29) is 28.9 Å². The number of carbonyl (C=O) groups excluding carboxylic acids is 2. The standard InChI is InChI=1S/C24H34N2O4Si/c1-25-13-10-23-16-8-7-15(21(16)31(4,5)6)18(23)19(28)20(29-2)22(30-3)24(23,25)11-14-26-12-9-17(26)27/h7-8,11,14-16,18,21H,9-10,12-13H2,1-6H3/b14-11-/t15-,16-,18-,21-,23-,24-/m1/s1. The van der Waals surface area contributed by atoms with Crippen LogP contribution in [0.3, 0.4) is 0 Å². The second-order valence-electron chi connectivity index (χ2n) is 10.9. The summed E-state index contributed by atoms with van der Waals surface area (Å²) in [7, 11) is 3.77. The quantitative estimate of drug-likeness (QED) is 0.372. The number of Topliss-reactive ketones (excluding diaryl/α,β-unsaturated/α-hetero) is 1. The van der Waals surface area contributed by atoms with Crippen LogP contribution in [0, 0.1) is 23.2 Å². The fraction of sp³-hybridized carbons (Fsp3) is 0.667. The number of β-lactam (4-membered cyclic amide) rings is 1. The van der Waals surface area contributed by atoms with E-state index in [9.17, 15) is 9.59 Å². The molecule has 3 fully saturated rings. The van der Waals surface area contributed by atoms with Gasteiger partial charge in [0.15, 0.2) is 5.76 Å². The van der Waals surface area contributed by atoms with E-state index in [0.29, 0.717) is 29.4 Å². The fourth-order valence-electron chi connectivity index (χ4n) is 7.80. The van der Waals surface area contributed by atoms with Gasteiger partial charge in [0.1, 0.15) is 5.54 Å². The van der Waals surface area contributed by atoms with Crippen LogP contribution in [-0.2, 0) is 19.1 Å². The maximum Gasteiger partial charge on any atom is 0.228 e. The second kappa shape index (κ2) is 6.58. The number of rotatable bonds is 5. The normalized spacial score (nSPS) is 41.8. The van der Waals surface area contributed by atoms with Gasteiger partial charge in [-0.2, -0.15) is 0 Å². The first kappa shape index (κ1) is 21.0. The minimum Gasteiger partial charge on any atom is -0.495 e. The molecule has 6 nitrogen and oxygen atoms in total. The minimum atomic E-state index is -1.56. The Labute approximate surface area is 185 Å². The number of carbonyl (C=O) groups is 2. The molecule has 2 bridgehead atoms. The predicted molar refractivity (Wildman–Crippen MR) is 121 cm³/mol. The monoisotopic (exact) mass is 442 g/mol. The van der Waals surface area contributed by atoms with Gasteiger partial charge < -0.3 is 14.4 Å². The van der Waals surface area contributed by atoms with Crippen LogP contribution >= 0.6 is 0 Å². The number of fused-ring (bicyclic) bond motifs is 3. The summed E-state index contributed by atoms with van der Waals surface area (Å²) in [5, 5.41) is 0. The Kier molecular flexibility index (Phi) is 4.46. The van der Waals surface area contributed by atoms with Gasteiger partial charge in [-0.3, -0.25) is 14.5 Å². The minimum absolute atomic E-state index is 0.0961. The van der Waals surface area contributed by atoms with Gasteiger partial charge in [0.25, 0.3) is 0 Å². The average Bonchev–Trinajstić information content (AvgIpc) is 3.36. The topological polar surface area (TPSA) is 59.1 Å². The maximum atomic E-state index is 13.9. The molecule has 2 aliphatic heterocycles. The Morgan fingerprint density at radius 2 is 1.87 bits per heavy atom. The Balaban J connectivity index is 1.77. The third kappa shape index (κ3) is 2.31. The van der Waals surface area contributed by atoms with E-state index in [4.69, 9.17) is 9.47 Å². The Morgan fingerprint density at radius 3 is 2.42 bits per heavy atom. The summed E-state index contributed by atoms with van der Waals surface area (Å²) in [6.07, 6.45) is 10.4. The van der Waals surface area contributed by atoms with Crippen molar-refractivity contribution in [2.24, 2.45) is 23.2 Å². The van der Waals surface area contributed by atoms with Crippen molar-refractivity contribution in [3.63, 3.8) is 0 Å². The lowest BCUT2D eigenvalue weighted by molar-refractivity contribution is -0.137. The molecule has 7 heteroatoms. The SMILES string of the molecule is COC1=C(OC)[C@@]2(/C=C\N3CCC3=O)N(C)CC[C@]23[C@@H]2C=C[C@@H]([C@H]2[Si](C)(C)C)[C@@H]3C1=O. The molecular weight excluding hydrogens is 408 g/mol. The third-order valence-electron chi connectivity index (χ3n) is 8.90. The summed E-state index contributed by atoms with van der Waals surface area (Å²) >= 11 is 0. The largest absolute Gasteiger partial charge is 0.495 e. The van der Waals surface area contributed by atoms with Gasteiger partial charge in [0.2, 0.25) is 17.4 Å². The van der Waals surface area contributed by atoms with Crippen molar-refractivity contribution in [3.05, 3.63) is 35.9 Å². The molecule has 0 unspecified atom stereocenters. The highest BCUT2D eigenvalue weighted by Crippen LogP contribution is 2.75. The second-order valence-corrected chi connectivity index (χ2v) is 16.3. The van der Waals surface area contributed by atoms with Crippen LogP contribution in [0.5, 0.6) is 0 Å². The molecule has 1 spiro atoms. The van der Waals surface area contributed by atoms with Gasteiger partial charge in [-0.05, 0) is 43.5 Å². The van der Waals surface area contributed by atoms with E-state index in [1.54, 1.807) is 19.1 Å². The lowest BCUT2D eigenvalue weighted by atomic mass is 9.53. The van der Waals surface area contributed by atoms with Crippen LogP contribution in [-0.4, -0.2) is 69.5 Å². The van der Waals surface area contributed by atoms with Crippen LogP contribution < -0.4 is 0 Å². The number of methoxy groups -OCH3 is 2. The molecule has 6 atom stereocenters. The molecule has 168 valence electrons. The van der Waals surface area contributed by atoms with Crippen molar-refractivity contribution in [1.29, 1.82) is 0 Å². The Bertz CT molecular complexity index is 934. The number of hydrogen-bond acceptors (Lipinski definition) is 5. The summed E-state index contributed by atoms with van der Waals surface area (Å²) in [4.78, 5) is 30.1. The van der Waals surface area contributed by atoms with Crippen molar-refractivity contribution in [2.45, 2.75) is 43.6 Å². The number of ether oxygens (including phenoxy) is 2. The van der Waals surface area contributed by atoms with Gasteiger partial charge in [0, 0.05) is 38.6 Å². The highest BCUT2D eigenvalue weighted by Gasteiger charge is 2.78. The Morgan fingerprint density at radius 1 is 1.13 bits per heavy atom. The van der Waals surface area contributed by atoms with Crippen molar-refractivity contribution >= 4 is 19.8 Å². The number of likely N-dealkylation sites (tertiary alicyclic amines) is 2. The van der Waals surface area contributed by atoms with Crippen molar-refractivity contribution < 1.29 is 19.1 Å². The van der Waals surface area contributed by atoms with Gasteiger partial charge in [-0.1, -0.05) is 31.8 Å². The first-order chi connectivity index (χ1) is 14.6. The predicted octanol–water partition coefficient (Wildman–Crippen LogP) is 3.02. The van der Waals surface area contributed by atoms with Gasteiger partial charge >= 0.3 is 0 Å². The number of hydrogen-bond donors (Lipinski definition) is 0. The smallest absolute Gasteiger partial charge is 0.228 e. The molecule has 0 aromatic rings.